The molecule has 0 spiro atoms. The lowest BCUT2D eigenvalue weighted by Crippen LogP contribution is -2.37. The van der Waals surface area contributed by atoms with Crippen LogP contribution in [0, 0.1) is 5.41 Å². The second kappa shape index (κ2) is 7.03. The van der Waals surface area contributed by atoms with Crippen LogP contribution in [0.25, 0.3) is 0 Å². The van der Waals surface area contributed by atoms with Crippen LogP contribution in [0.2, 0.25) is 0 Å². The maximum absolute atomic E-state index is 12.1. The van der Waals surface area contributed by atoms with Gasteiger partial charge in [-0.2, -0.15) is 5.10 Å². The Morgan fingerprint density at radius 2 is 1.88 bits per heavy atom. The van der Waals surface area contributed by atoms with E-state index in [1.165, 1.54) is 5.56 Å². The summed E-state index contributed by atoms with van der Waals surface area (Å²) in [6, 6.07) is 10.5. The predicted molar refractivity (Wildman–Crippen MR) is 98.6 cm³/mol. The molecular formula is C18H23Cl2N3O. The maximum atomic E-state index is 12.1. The molecule has 1 heterocycles. The van der Waals surface area contributed by atoms with Gasteiger partial charge in [0.05, 0.1) is 5.41 Å². The van der Waals surface area contributed by atoms with Crippen LogP contribution in [-0.2, 0) is 11.2 Å². The molecule has 0 bridgehead atoms. The van der Waals surface area contributed by atoms with E-state index in [9.17, 15) is 4.79 Å². The number of amides is 1. The van der Waals surface area contributed by atoms with Crippen LogP contribution < -0.4 is 5.43 Å². The van der Waals surface area contributed by atoms with E-state index in [1.54, 1.807) is 6.92 Å². The Morgan fingerprint density at radius 1 is 1.25 bits per heavy atom. The average Bonchev–Trinajstić information content (AvgIpc) is 3.12. The standard InChI is InChI=1S/C18H23Cl2N3O/c1-17(13-18(17,19)20)16(24)22-21-15-8-11-23(12-9-15)10-7-14-5-3-2-4-6-14/h2-6H,7-13H2,1H3,(H,22,24)/t17-/m1/s1. The molecule has 1 saturated heterocycles. The SMILES string of the molecule is C[C@]1(C(=O)NN=C2CCN(CCc3ccccc3)CC2)CC1(Cl)Cl. The van der Waals surface area contributed by atoms with Gasteiger partial charge in [0.2, 0.25) is 5.91 Å². The van der Waals surface area contributed by atoms with E-state index in [-0.39, 0.29) is 5.91 Å². The highest BCUT2D eigenvalue weighted by atomic mass is 35.5. The molecule has 1 aromatic rings. The second-order valence-electron chi connectivity index (χ2n) is 6.91. The highest BCUT2D eigenvalue weighted by Gasteiger charge is 2.68. The zero-order valence-corrected chi connectivity index (χ0v) is 15.4. The van der Waals surface area contributed by atoms with E-state index in [2.05, 4.69) is 39.7 Å². The Morgan fingerprint density at radius 3 is 2.46 bits per heavy atom. The van der Waals surface area contributed by atoms with Gasteiger partial charge in [-0.25, -0.2) is 5.43 Å². The molecule has 0 unspecified atom stereocenters. The first-order valence-corrected chi connectivity index (χ1v) is 9.16. The molecule has 1 aliphatic heterocycles. The van der Waals surface area contributed by atoms with Gasteiger partial charge in [-0.3, -0.25) is 4.79 Å². The smallest absolute Gasteiger partial charge is 0.249 e. The van der Waals surface area contributed by atoms with Crippen molar-refractivity contribution in [1.29, 1.82) is 0 Å². The number of benzene rings is 1. The molecule has 1 atom stereocenters. The van der Waals surface area contributed by atoms with E-state index in [0.717, 1.165) is 44.6 Å². The van der Waals surface area contributed by atoms with Gasteiger partial charge in [-0.1, -0.05) is 30.3 Å². The quantitative estimate of drug-likeness (QED) is 0.640. The minimum Gasteiger partial charge on any atom is -0.302 e. The third kappa shape index (κ3) is 3.93. The van der Waals surface area contributed by atoms with Crippen molar-refractivity contribution < 1.29 is 4.79 Å². The Balaban J connectivity index is 1.41. The number of piperidine rings is 1. The summed E-state index contributed by atoms with van der Waals surface area (Å²) in [5.41, 5.74) is 4.34. The summed E-state index contributed by atoms with van der Waals surface area (Å²) >= 11 is 12.0. The number of likely N-dealkylation sites (tertiary alicyclic amines) is 1. The minimum atomic E-state index is -0.946. The fraction of sp³-hybridized carbons (Fsp3) is 0.556. The van der Waals surface area contributed by atoms with Crippen LogP contribution in [0.4, 0.5) is 0 Å². The van der Waals surface area contributed by atoms with Crippen LogP contribution in [0.1, 0.15) is 31.7 Å². The normalized spacial score (nSPS) is 26.0. The molecule has 1 saturated carbocycles. The van der Waals surface area contributed by atoms with E-state index in [0.29, 0.717) is 6.42 Å². The van der Waals surface area contributed by atoms with Crippen LogP contribution in [0.3, 0.4) is 0 Å². The first kappa shape index (κ1) is 17.7. The van der Waals surface area contributed by atoms with E-state index in [4.69, 9.17) is 23.2 Å². The molecule has 1 amide bonds. The van der Waals surface area contributed by atoms with E-state index in [1.807, 2.05) is 6.07 Å². The Labute approximate surface area is 153 Å². The lowest BCUT2D eigenvalue weighted by atomic mass is 10.1. The molecule has 0 radical (unpaired) electrons. The number of nitrogens with one attached hydrogen (secondary N) is 1. The third-order valence-corrected chi connectivity index (χ3v) is 6.17. The molecule has 2 aliphatic rings. The average molecular weight is 368 g/mol. The molecule has 2 fully saturated rings. The summed E-state index contributed by atoms with van der Waals surface area (Å²) in [7, 11) is 0. The number of halogens is 2. The van der Waals surface area contributed by atoms with Gasteiger partial charge in [-0.15, -0.1) is 23.2 Å². The van der Waals surface area contributed by atoms with Gasteiger partial charge >= 0.3 is 0 Å². The van der Waals surface area contributed by atoms with Crippen molar-refractivity contribution >= 4 is 34.8 Å². The number of carbonyl (C=O) groups excluding carboxylic acids is 1. The van der Waals surface area contributed by atoms with Gasteiger partial charge < -0.3 is 4.90 Å². The fourth-order valence-corrected chi connectivity index (χ4v) is 3.68. The monoisotopic (exact) mass is 367 g/mol. The number of rotatable bonds is 5. The maximum Gasteiger partial charge on any atom is 0.249 e. The Bertz CT molecular complexity index is 622. The van der Waals surface area contributed by atoms with Gasteiger partial charge in [-0.05, 0) is 25.3 Å². The van der Waals surface area contributed by atoms with Gasteiger partial charge in [0, 0.05) is 38.2 Å². The summed E-state index contributed by atoms with van der Waals surface area (Å²) in [4.78, 5) is 14.6. The molecule has 4 nitrogen and oxygen atoms in total. The Kier molecular flexibility index (Phi) is 5.19. The van der Waals surface area contributed by atoms with Gasteiger partial charge in [0.1, 0.15) is 4.33 Å². The highest BCUT2D eigenvalue weighted by molar-refractivity contribution is 6.53. The first-order chi connectivity index (χ1) is 11.4. The lowest BCUT2D eigenvalue weighted by Gasteiger charge is -2.27. The molecule has 24 heavy (non-hydrogen) atoms. The van der Waals surface area contributed by atoms with Crippen molar-refractivity contribution in [2.45, 2.75) is 36.9 Å². The molecule has 0 aromatic heterocycles. The van der Waals surface area contributed by atoms with Crippen molar-refractivity contribution in [2.24, 2.45) is 10.5 Å². The van der Waals surface area contributed by atoms with Crippen molar-refractivity contribution in [3.8, 4) is 0 Å². The zero-order valence-electron chi connectivity index (χ0n) is 13.9. The summed E-state index contributed by atoms with van der Waals surface area (Å²) in [5, 5.41) is 4.28. The highest BCUT2D eigenvalue weighted by Crippen LogP contribution is 2.63. The van der Waals surface area contributed by atoms with E-state index < -0.39 is 9.75 Å². The van der Waals surface area contributed by atoms with Crippen molar-refractivity contribution in [3.63, 3.8) is 0 Å². The predicted octanol–water partition coefficient (Wildman–Crippen LogP) is 3.38. The summed E-state index contributed by atoms with van der Waals surface area (Å²) < 4.78 is -0.946. The minimum absolute atomic E-state index is 0.188. The van der Waals surface area contributed by atoms with E-state index >= 15 is 0 Å². The third-order valence-electron chi connectivity index (χ3n) is 5.07. The molecular weight excluding hydrogens is 345 g/mol. The van der Waals surface area contributed by atoms with Gasteiger partial charge in [0.25, 0.3) is 0 Å². The number of hydrogen-bond acceptors (Lipinski definition) is 3. The van der Waals surface area contributed by atoms with Gasteiger partial charge in [0.15, 0.2) is 0 Å². The summed E-state index contributed by atoms with van der Waals surface area (Å²) in [5.74, 6) is -0.188. The van der Waals surface area contributed by atoms with Crippen LogP contribution in [0.5, 0.6) is 0 Å². The molecule has 130 valence electrons. The lowest BCUT2D eigenvalue weighted by molar-refractivity contribution is -0.125. The molecule has 1 N–H and O–H groups in total. The Hall–Kier alpha value is -1.10. The number of hydrazone groups is 1. The number of nitrogens with zero attached hydrogens (tertiary/aromatic N) is 2. The first-order valence-electron chi connectivity index (χ1n) is 8.41. The molecule has 1 aliphatic carbocycles. The second-order valence-corrected chi connectivity index (χ2v) is 8.39. The van der Waals surface area contributed by atoms with Crippen molar-refractivity contribution in [2.75, 3.05) is 19.6 Å². The number of alkyl halides is 2. The van der Waals surface area contributed by atoms with Crippen molar-refractivity contribution in [3.05, 3.63) is 35.9 Å². The fourth-order valence-electron chi connectivity index (χ4n) is 2.98. The molecule has 6 heteroatoms. The zero-order chi connectivity index (χ0) is 17.2. The summed E-state index contributed by atoms with van der Waals surface area (Å²) in [6.45, 7) is 4.79. The largest absolute Gasteiger partial charge is 0.302 e. The van der Waals surface area contributed by atoms with Crippen LogP contribution in [-0.4, -0.2) is 40.5 Å². The number of hydrogen-bond donors (Lipinski definition) is 1. The van der Waals surface area contributed by atoms with Crippen LogP contribution in [0.15, 0.2) is 35.4 Å². The number of carbonyl (C=O) groups is 1. The summed E-state index contributed by atoms with van der Waals surface area (Å²) in [6.07, 6.45) is 3.32. The molecule has 3 rings (SSSR count). The van der Waals surface area contributed by atoms with Crippen molar-refractivity contribution in [1.82, 2.24) is 10.3 Å². The molecule has 1 aromatic carbocycles. The van der Waals surface area contributed by atoms with Crippen LogP contribution >= 0.6 is 23.2 Å². The topological polar surface area (TPSA) is 44.7 Å².